The molecule has 0 aliphatic carbocycles. The molecule has 1 aromatic carbocycles. The number of carbonyl (C=O) groups is 1. The molecule has 1 aliphatic heterocycles. The number of nitrogens with zero attached hydrogens (tertiary/aromatic N) is 2. The second kappa shape index (κ2) is 6.81. The van der Waals surface area contributed by atoms with E-state index in [4.69, 9.17) is 4.74 Å². The van der Waals surface area contributed by atoms with Crippen LogP contribution in [0.5, 0.6) is 0 Å². The van der Waals surface area contributed by atoms with E-state index in [1.54, 1.807) is 0 Å². The van der Waals surface area contributed by atoms with Crippen LogP contribution in [-0.4, -0.2) is 41.1 Å². The molecule has 2 aromatic rings. The summed E-state index contributed by atoms with van der Waals surface area (Å²) in [6, 6.07) is 8.38. The van der Waals surface area contributed by atoms with E-state index in [0.717, 1.165) is 17.0 Å². The van der Waals surface area contributed by atoms with E-state index in [0.29, 0.717) is 18.8 Å². The van der Waals surface area contributed by atoms with Gasteiger partial charge in [-0.05, 0) is 25.8 Å². The van der Waals surface area contributed by atoms with Gasteiger partial charge in [-0.25, -0.2) is 4.98 Å². The fourth-order valence-electron chi connectivity index (χ4n) is 2.89. The van der Waals surface area contributed by atoms with Crippen LogP contribution in [0, 0.1) is 0 Å². The molecule has 1 aromatic heterocycles. The van der Waals surface area contributed by atoms with Gasteiger partial charge in [-0.2, -0.15) is 0 Å². The molecule has 0 N–H and O–H groups in total. The van der Waals surface area contributed by atoms with Gasteiger partial charge in [0.2, 0.25) is 0 Å². The van der Waals surface area contributed by atoms with Crippen LogP contribution in [0.4, 0.5) is 0 Å². The molecule has 1 fully saturated rings. The number of ether oxygens (including phenoxy) is 1. The lowest BCUT2D eigenvalue weighted by Crippen LogP contribution is -2.48. The van der Waals surface area contributed by atoms with Crippen molar-refractivity contribution in [2.75, 3.05) is 13.1 Å². The highest BCUT2D eigenvalue weighted by Crippen LogP contribution is 2.25. The lowest BCUT2D eigenvalue weighted by molar-refractivity contribution is -0.0587. The van der Waals surface area contributed by atoms with Crippen molar-refractivity contribution in [2.45, 2.75) is 39.4 Å². The quantitative estimate of drug-likeness (QED) is 0.863. The largest absolute Gasteiger partial charge is 0.372 e. The van der Waals surface area contributed by atoms with Crippen molar-refractivity contribution in [3.05, 3.63) is 40.9 Å². The number of morpholine rings is 1. The average Bonchev–Trinajstić information content (AvgIpc) is 3.03. The molecular formula is C18H22N2O2S. The molecule has 1 amide bonds. The zero-order valence-corrected chi connectivity index (χ0v) is 14.6. The van der Waals surface area contributed by atoms with Crippen molar-refractivity contribution < 1.29 is 9.53 Å². The van der Waals surface area contributed by atoms with Crippen LogP contribution in [0.2, 0.25) is 0 Å². The van der Waals surface area contributed by atoms with Gasteiger partial charge >= 0.3 is 0 Å². The Morgan fingerprint density at radius 2 is 1.91 bits per heavy atom. The number of carbonyl (C=O) groups excluding carboxylic acids is 1. The molecule has 122 valence electrons. The third kappa shape index (κ3) is 3.62. The molecule has 2 atom stereocenters. The van der Waals surface area contributed by atoms with Crippen molar-refractivity contribution >= 4 is 17.2 Å². The lowest BCUT2D eigenvalue weighted by Gasteiger charge is -2.34. The van der Waals surface area contributed by atoms with Crippen LogP contribution in [0.15, 0.2) is 29.6 Å². The molecule has 0 radical (unpaired) electrons. The van der Waals surface area contributed by atoms with Gasteiger partial charge in [0, 0.05) is 24.0 Å². The van der Waals surface area contributed by atoms with Gasteiger partial charge in [0.25, 0.3) is 5.91 Å². The molecule has 5 heteroatoms. The van der Waals surface area contributed by atoms with E-state index in [-0.39, 0.29) is 18.1 Å². The van der Waals surface area contributed by atoms with E-state index < -0.39 is 0 Å². The third-order valence-corrected chi connectivity index (χ3v) is 4.93. The zero-order chi connectivity index (χ0) is 16.4. The monoisotopic (exact) mass is 330 g/mol. The average molecular weight is 330 g/mol. The van der Waals surface area contributed by atoms with Crippen LogP contribution >= 0.6 is 11.3 Å². The predicted octanol–water partition coefficient (Wildman–Crippen LogP) is 3.62. The smallest absolute Gasteiger partial charge is 0.273 e. The van der Waals surface area contributed by atoms with E-state index in [1.807, 2.05) is 24.1 Å². The molecule has 0 spiro atoms. The van der Waals surface area contributed by atoms with Gasteiger partial charge in [-0.1, -0.05) is 31.2 Å². The summed E-state index contributed by atoms with van der Waals surface area (Å²) in [5.41, 5.74) is 2.90. The first-order valence-electron chi connectivity index (χ1n) is 8.06. The number of hydrogen-bond donors (Lipinski definition) is 0. The Bertz CT molecular complexity index is 671. The van der Waals surface area contributed by atoms with E-state index in [2.05, 4.69) is 36.2 Å². The first kappa shape index (κ1) is 16.1. The minimum Gasteiger partial charge on any atom is -0.372 e. The molecule has 0 saturated carbocycles. The predicted molar refractivity (Wildman–Crippen MR) is 92.8 cm³/mol. The number of rotatable bonds is 3. The van der Waals surface area contributed by atoms with E-state index in [9.17, 15) is 4.79 Å². The third-order valence-electron chi connectivity index (χ3n) is 4.04. The Labute approximate surface area is 141 Å². The Morgan fingerprint density at radius 1 is 1.26 bits per heavy atom. The molecule has 23 heavy (non-hydrogen) atoms. The Morgan fingerprint density at radius 3 is 2.52 bits per heavy atom. The highest BCUT2D eigenvalue weighted by atomic mass is 32.1. The first-order chi connectivity index (χ1) is 11.1. The van der Waals surface area contributed by atoms with Crippen LogP contribution in [0.3, 0.4) is 0 Å². The fourth-order valence-corrected chi connectivity index (χ4v) is 3.69. The second-order valence-electron chi connectivity index (χ2n) is 6.06. The number of benzene rings is 1. The number of thiazole rings is 1. The molecular weight excluding hydrogens is 308 g/mol. The highest BCUT2D eigenvalue weighted by Gasteiger charge is 2.27. The molecule has 3 rings (SSSR count). The zero-order valence-electron chi connectivity index (χ0n) is 13.8. The van der Waals surface area contributed by atoms with Crippen molar-refractivity contribution in [1.82, 2.24) is 9.88 Å². The molecule has 4 nitrogen and oxygen atoms in total. The maximum absolute atomic E-state index is 12.7. The number of amides is 1. The Kier molecular flexibility index (Phi) is 4.78. The summed E-state index contributed by atoms with van der Waals surface area (Å²) in [4.78, 5) is 19.0. The van der Waals surface area contributed by atoms with Crippen molar-refractivity contribution in [2.24, 2.45) is 0 Å². The fraction of sp³-hybridized carbons (Fsp3) is 0.444. The number of aromatic nitrogens is 1. The highest BCUT2D eigenvalue weighted by molar-refractivity contribution is 7.13. The van der Waals surface area contributed by atoms with Gasteiger partial charge in [-0.15, -0.1) is 11.3 Å². The molecule has 1 aliphatic rings. The topological polar surface area (TPSA) is 42.4 Å². The van der Waals surface area contributed by atoms with Crippen LogP contribution in [-0.2, 0) is 11.2 Å². The van der Waals surface area contributed by atoms with Gasteiger partial charge in [0.1, 0.15) is 10.7 Å². The summed E-state index contributed by atoms with van der Waals surface area (Å²) in [5, 5.41) is 2.75. The summed E-state index contributed by atoms with van der Waals surface area (Å²) in [6.45, 7) is 7.39. The van der Waals surface area contributed by atoms with Gasteiger partial charge in [0.05, 0.1) is 12.2 Å². The Balaban J connectivity index is 1.76. The summed E-state index contributed by atoms with van der Waals surface area (Å²) in [7, 11) is 0. The molecule has 0 bridgehead atoms. The van der Waals surface area contributed by atoms with Crippen molar-refractivity contribution in [1.29, 1.82) is 0 Å². The maximum Gasteiger partial charge on any atom is 0.273 e. The minimum atomic E-state index is -0.000298. The molecule has 2 heterocycles. The summed E-state index contributed by atoms with van der Waals surface area (Å²) >= 11 is 1.52. The Hall–Kier alpha value is -1.72. The maximum atomic E-state index is 12.7. The second-order valence-corrected chi connectivity index (χ2v) is 6.91. The molecule has 1 saturated heterocycles. The normalized spacial score (nSPS) is 21.4. The summed E-state index contributed by atoms with van der Waals surface area (Å²) in [6.07, 6.45) is 1.17. The minimum absolute atomic E-state index is 0.000298. The van der Waals surface area contributed by atoms with Gasteiger partial charge in [-0.3, -0.25) is 4.79 Å². The first-order valence-corrected chi connectivity index (χ1v) is 8.94. The lowest BCUT2D eigenvalue weighted by atomic mass is 10.1. The number of hydrogen-bond acceptors (Lipinski definition) is 4. The standard InChI is InChI=1S/C18H22N2O2S/c1-4-14-5-7-15(8-6-14)17-19-16(11-23-17)18(21)20-9-12(2)22-13(3)10-20/h5-8,11-13H,4,9-10H2,1-3H3/t12-,13-/m0/s1. The van der Waals surface area contributed by atoms with Crippen LogP contribution in [0.1, 0.15) is 36.8 Å². The summed E-state index contributed by atoms with van der Waals surface area (Å²) < 4.78 is 5.69. The van der Waals surface area contributed by atoms with Crippen molar-refractivity contribution in [3.8, 4) is 10.6 Å². The van der Waals surface area contributed by atoms with Gasteiger partial charge < -0.3 is 9.64 Å². The number of aryl methyl sites for hydroxylation is 1. The SMILES string of the molecule is CCc1ccc(-c2nc(C(=O)N3C[C@H](C)O[C@@H](C)C3)cs2)cc1. The van der Waals surface area contributed by atoms with E-state index >= 15 is 0 Å². The molecule has 0 unspecified atom stereocenters. The van der Waals surface area contributed by atoms with Gasteiger partial charge in [0.15, 0.2) is 0 Å². The van der Waals surface area contributed by atoms with E-state index in [1.165, 1.54) is 16.9 Å². The van der Waals surface area contributed by atoms with Crippen LogP contribution in [0.25, 0.3) is 10.6 Å². The van der Waals surface area contributed by atoms with Crippen molar-refractivity contribution in [3.63, 3.8) is 0 Å². The van der Waals surface area contributed by atoms with Crippen LogP contribution < -0.4 is 0 Å². The summed E-state index contributed by atoms with van der Waals surface area (Å²) in [5.74, 6) is -0.000298.